The van der Waals surface area contributed by atoms with Gasteiger partial charge < -0.3 is 10.1 Å². The van der Waals surface area contributed by atoms with E-state index >= 15 is 0 Å². The Bertz CT molecular complexity index is 259. The highest BCUT2D eigenvalue weighted by Crippen LogP contribution is 2.17. The van der Waals surface area contributed by atoms with E-state index in [9.17, 15) is 4.79 Å². The average molecular weight is 197 g/mol. The summed E-state index contributed by atoms with van der Waals surface area (Å²) in [5, 5.41) is 5.75. The molecule has 78 valence electrons. The lowest BCUT2D eigenvalue weighted by Crippen LogP contribution is -2.40. The zero-order valence-corrected chi connectivity index (χ0v) is 8.25. The van der Waals surface area contributed by atoms with Gasteiger partial charge in [-0.05, 0) is 19.8 Å². The smallest absolute Gasteiger partial charge is 0.251 e. The van der Waals surface area contributed by atoms with E-state index in [0.717, 1.165) is 19.4 Å². The summed E-state index contributed by atoms with van der Waals surface area (Å²) in [5.74, 6) is 0.558. The molecule has 2 rings (SSSR count). The number of amides is 1. The van der Waals surface area contributed by atoms with Gasteiger partial charge >= 0.3 is 0 Å². The number of aliphatic imine (C=N–C) groups is 1. The van der Waals surface area contributed by atoms with E-state index in [-0.39, 0.29) is 18.1 Å². The zero-order chi connectivity index (χ0) is 9.97. The minimum Gasteiger partial charge on any atom is -0.376 e. The molecule has 2 heterocycles. The molecule has 2 fully saturated rings. The molecule has 2 aliphatic heterocycles. The van der Waals surface area contributed by atoms with Gasteiger partial charge in [-0.3, -0.25) is 15.1 Å². The second-order valence-electron chi connectivity index (χ2n) is 3.49. The van der Waals surface area contributed by atoms with Gasteiger partial charge in [0.2, 0.25) is 0 Å². The monoisotopic (exact) mass is 197 g/mol. The second kappa shape index (κ2) is 3.96. The fourth-order valence-electron chi connectivity index (χ4n) is 1.81. The standard InChI is InChI=1S/C9H15N3O2/c1-2-10-9-11-7(8(13)12-9)6-4-3-5-14-6/h6-7H,2-5H2,1H3,(H2,10,11,12,13). The Hall–Kier alpha value is -1.10. The molecule has 1 amide bonds. The van der Waals surface area contributed by atoms with Crippen LogP contribution in [0, 0.1) is 0 Å². The molecule has 2 atom stereocenters. The number of guanidine groups is 1. The van der Waals surface area contributed by atoms with Crippen LogP contribution in [0.5, 0.6) is 0 Å². The molecular weight excluding hydrogens is 182 g/mol. The van der Waals surface area contributed by atoms with Crippen molar-refractivity contribution in [3.8, 4) is 0 Å². The van der Waals surface area contributed by atoms with Gasteiger partial charge in [0.15, 0.2) is 5.96 Å². The van der Waals surface area contributed by atoms with Gasteiger partial charge in [-0.1, -0.05) is 0 Å². The maximum absolute atomic E-state index is 11.5. The van der Waals surface area contributed by atoms with Crippen molar-refractivity contribution in [1.29, 1.82) is 0 Å². The number of carbonyl (C=O) groups excluding carboxylic acids is 1. The molecule has 0 aromatic carbocycles. The molecule has 14 heavy (non-hydrogen) atoms. The van der Waals surface area contributed by atoms with Gasteiger partial charge in [-0.15, -0.1) is 0 Å². The van der Waals surface area contributed by atoms with Crippen LogP contribution in [-0.2, 0) is 9.53 Å². The van der Waals surface area contributed by atoms with E-state index in [1.807, 2.05) is 6.92 Å². The Labute approximate surface area is 82.9 Å². The van der Waals surface area contributed by atoms with Gasteiger partial charge in [0.05, 0.1) is 6.10 Å². The Morgan fingerprint density at radius 3 is 3.14 bits per heavy atom. The number of carbonyl (C=O) groups is 1. The quantitative estimate of drug-likeness (QED) is 0.635. The fourth-order valence-corrected chi connectivity index (χ4v) is 1.81. The molecule has 0 aromatic heterocycles. The van der Waals surface area contributed by atoms with E-state index in [0.29, 0.717) is 12.5 Å². The number of hydrogen-bond acceptors (Lipinski definition) is 3. The molecule has 0 spiro atoms. The summed E-state index contributed by atoms with van der Waals surface area (Å²) in [6.07, 6.45) is 2.00. The highest BCUT2D eigenvalue weighted by Gasteiger charge is 2.37. The molecule has 0 aliphatic carbocycles. The van der Waals surface area contributed by atoms with Crippen LogP contribution in [0.2, 0.25) is 0 Å². The summed E-state index contributed by atoms with van der Waals surface area (Å²) >= 11 is 0. The van der Waals surface area contributed by atoms with Crippen LogP contribution in [0.3, 0.4) is 0 Å². The highest BCUT2D eigenvalue weighted by atomic mass is 16.5. The molecule has 0 radical (unpaired) electrons. The van der Waals surface area contributed by atoms with E-state index in [1.54, 1.807) is 0 Å². The highest BCUT2D eigenvalue weighted by molar-refractivity contribution is 6.06. The first-order chi connectivity index (χ1) is 6.81. The van der Waals surface area contributed by atoms with Crippen molar-refractivity contribution in [3.05, 3.63) is 0 Å². The molecule has 2 unspecified atom stereocenters. The van der Waals surface area contributed by atoms with Gasteiger partial charge in [-0.25, -0.2) is 0 Å². The van der Waals surface area contributed by atoms with E-state index < -0.39 is 0 Å². The Morgan fingerprint density at radius 1 is 1.64 bits per heavy atom. The average Bonchev–Trinajstić information content (AvgIpc) is 2.74. The van der Waals surface area contributed by atoms with E-state index in [1.165, 1.54) is 0 Å². The minimum atomic E-state index is -0.247. The third kappa shape index (κ3) is 1.72. The van der Waals surface area contributed by atoms with Crippen LogP contribution >= 0.6 is 0 Å². The Balaban J connectivity index is 2.00. The molecule has 2 aliphatic rings. The lowest BCUT2D eigenvalue weighted by molar-refractivity contribution is -0.122. The van der Waals surface area contributed by atoms with E-state index in [4.69, 9.17) is 4.74 Å². The van der Waals surface area contributed by atoms with Crippen LogP contribution in [0.25, 0.3) is 0 Å². The first-order valence-electron chi connectivity index (χ1n) is 5.04. The van der Waals surface area contributed by atoms with Crippen LogP contribution in [0.15, 0.2) is 4.99 Å². The Kier molecular flexibility index (Phi) is 2.67. The number of rotatable bonds is 2. The second-order valence-corrected chi connectivity index (χ2v) is 3.49. The lowest BCUT2D eigenvalue weighted by Gasteiger charge is -2.14. The minimum absolute atomic E-state index is 0.0135. The van der Waals surface area contributed by atoms with Crippen molar-refractivity contribution in [2.75, 3.05) is 13.2 Å². The zero-order valence-electron chi connectivity index (χ0n) is 8.25. The summed E-state index contributed by atoms with van der Waals surface area (Å²) in [7, 11) is 0. The summed E-state index contributed by atoms with van der Waals surface area (Å²) in [4.78, 5) is 15.6. The van der Waals surface area contributed by atoms with Crippen molar-refractivity contribution in [1.82, 2.24) is 10.6 Å². The van der Waals surface area contributed by atoms with Gasteiger partial charge in [0.25, 0.3) is 5.91 Å². The fraction of sp³-hybridized carbons (Fsp3) is 0.778. The van der Waals surface area contributed by atoms with E-state index in [2.05, 4.69) is 15.6 Å². The predicted molar refractivity (Wildman–Crippen MR) is 52.0 cm³/mol. The molecule has 0 saturated carbocycles. The van der Waals surface area contributed by atoms with Crippen molar-refractivity contribution in [2.24, 2.45) is 4.99 Å². The maximum atomic E-state index is 11.5. The third-order valence-corrected chi connectivity index (χ3v) is 2.47. The largest absolute Gasteiger partial charge is 0.376 e. The summed E-state index contributed by atoms with van der Waals surface area (Å²) < 4.78 is 5.46. The van der Waals surface area contributed by atoms with Crippen LogP contribution < -0.4 is 10.6 Å². The molecule has 5 nitrogen and oxygen atoms in total. The van der Waals surface area contributed by atoms with Gasteiger partial charge in [0, 0.05) is 13.2 Å². The molecule has 0 bridgehead atoms. The number of hydrogen-bond donors (Lipinski definition) is 2. The predicted octanol–water partition coefficient (Wildman–Crippen LogP) is -0.371. The summed E-state index contributed by atoms with van der Waals surface area (Å²) in [5.41, 5.74) is 0. The van der Waals surface area contributed by atoms with Crippen molar-refractivity contribution in [2.45, 2.75) is 31.9 Å². The van der Waals surface area contributed by atoms with Gasteiger partial charge in [-0.2, -0.15) is 0 Å². The van der Waals surface area contributed by atoms with Gasteiger partial charge in [0.1, 0.15) is 6.04 Å². The number of ether oxygens (including phenoxy) is 1. The number of nitrogens with one attached hydrogen (secondary N) is 2. The summed E-state index contributed by atoms with van der Waals surface area (Å²) in [6.45, 7) is 3.36. The molecule has 0 aromatic rings. The topological polar surface area (TPSA) is 62.7 Å². The first-order valence-corrected chi connectivity index (χ1v) is 5.04. The summed E-state index contributed by atoms with van der Waals surface area (Å²) in [6, 6.07) is -0.247. The SMILES string of the molecule is CCN=C1NC(=O)C(C2CCCO2)N1. The molecular formula is C9H15N3O2. The Morgan fingerprint density at radius 2 is 2.50 bits per heavy atom. The number of nitrogens with zero attached hydrogens (tertiary/aromatic N) is 1. The lowest BCUT2D eigenvalue weighted by atomic mass is 10.1. The first kappa shape index (κ1) is 9.45. The van der Waals surface area contributed by atoms with Crippen LogP contribution in [0.4, 0.5) is 0 Å². The molecule has 5 heteroatoms. The van der Waals surface area contributed by atoms with Crippen molar-refractivity contribution < 1.29 is 9.53 Å². The molecule has 2 N–H and O–H groups in total. The maximum Gasteiger partial charge on any atom is 0.251 e. The van der Waals surface area contributed by atoms with Crippen LogP contribution in [0.1, 0.15) is 19.8 Å². The van der Waals surface area contributed by atoms with Crippen LogP contribution in [-0.4, -0.2) is 37.2 Å². The molecule has 2 saturated heterocycles. The third-order valence-electron chi connectivity index (χ3n) is 2.47. The normalized spacial score (nSPS) is 34.6. The van der Waals surface area contributed by atoms with Crippen molar-refractivity contribution >= 4 is 11.9 Å². The van der Waals surface area contributed by atoms with Crippen molar-refractivity contribution in [3.63, 3.8) is 0 Å².